The van der Waals surface area contributed by atoms with Gasteiger partial charge in [0.1, 0.15) is 6.10 Å². The molecule has 5 nitrogen and oxygen atoms in total. The highest BCUT2D eigenvalue weighted by Gasteiger charge is 2.26. The average Bonchev–Trinajstić information content (AvgIpc) is 2.62. The number of aromatic hydroxyl groups is 1. The van der Waals surface area contributed by atoms with Gasteiger partial charge in [0, 0.05) is 17.1 Å². The molecule has 2 aromatic carbocycles. The number of hydrogen-bond acceptors (Lipinski definition) is 4. The van der Waals surface area contributed by atoms with E-state index in [0.29, 0.717) is 30.3 Å². The molecule has 0 radical (unpaired) electrons. The van der Waals surface area contributed by atoms with Gasteiger partial charge >= 0.3 is 0 Å². The Morgan fingerprint density at radius 1 is 1.29 bits per heavy atom. The maximum atomic E-state index is 12.7. The van der Waals surface area contributed by atoms with Gasteiger partial charge < -0.3 is 19.5 Å². The third-order valence-electron chi connectivity index (χ3n) is 4.02. The molecule has 1 aliphatic rings. The molecular formula is C18H18ClNO4. The van der Waals surface area contributed by atoms with Crippen LogP contribution in [0.5, 0.6) is 11.5 Å². The van der Waals surface area contributed by atoms with E-state index < -0.39 is 0 Å². The van der Waals surface area contributed by atoms with E-state index in [1.807, 2.05) is 24.3 Å². The Bertz CT molecular complexity index is 732. The molecule has 0 unspecified atom stereocenters. The topological polar surface area (TPSA) is 59.0 Å². The highest BCUT2D eigenvalue weighted by atomic mass is 35.5. The summed E-state index contributed by atoms with van der Waals surface area (Å²) in [7, 11) is 1.45. The lowest BCUT2D eigenvalue weighted by Crippen LogP contribution is -2.42. The van der Waals surface area contributed by atoms with Crippen LogP contribution in [0.4, 0.5) is 0 Å². The molecule has 0 saturated carbocycles. The second kappa shape index (κ2) is 7.11. The van der Waals surface area contributed by atoms with Crippen molar-refractivity contribution in [2.24, 2.45) is 0 Å². The monoisotopic (exact) mass is 347 g/mol. The number of carbonyl (C=O) groups excluding carboxylic acids is 1. The summed E-state index contributed by atoms with van der Waals surface area (Å²) in [5.41, 5.74) is 1.46. The van der Waals surface area contributed by atoms with E-state index >= 15 is 0 Å². The maximum Gasteiger partial charge on any atom is 0.254 e. The Morgan fingerprint density at radius 3 is 2.75 bits per heavy atom. The number of morpholine rings is 1. The third kappa shape index (κ3) is 3.47. The lowest BCUT2D eigenvalue weighted by Gasteiger charge is -2.33. The van der Waals surface area contributed by atoms with Gasteiger partial charge in [0.2, 0.25) is 0 Å². The summed E-state index contributed by atoms with van der Waals surface area (Å²) >= 11 is 5.91. The van der Waals surface area contributed by atoms with Gasteiger partial charge in [0.05, 0.1) is 20.3 Å². The van der Waals surface area contributed by atoms with Gasteiger partial charge in [0.15, 0.2) is 11.5 Å². The van der Waals surface area contributed by atoms with Crippen molar-refractivity contribution in [1.82, 2.24) is 4.90 Å². The number of amides is 1. The number of carbonyl (C=O) groups is 1. The van der Waals surface area contributed by atoms with Crippen LogP contribution in [0, 0.1) is 0 Å². The molecular weight excluding hydrogens is 330 g/mol. The van der Waals surface area contributed by atoms with Crippen LogP contribution in [0.2, 0.25) is 5.02 Å². The Hall–Kier alpha value is -2.24. The quantitative estimate of drug-likeness (QED) is 0.925. The van der Waals surface area contributed by atoms with Gasteiger partial charge in [-0.3, -0.25) is 4.79 Å². The van der Waals surface area contributed by atoms with Crippen molar-refractivity contribution in [2.45, 2.75) is 6.10 Å². The van der Waals surface area contributed by atoms with Crippen LogP contribution in [0.1, 0.15) is 22.0 Å². The van der Waals surface area contributed by atoms with Crippen LogP contribution in [0.15, 0.2) is 42.5 Å². The number of halogens is 1. The van der Waals surface area contributed by atoms with Crippen LogP contribution in [0.25, 0.3) is 0 Å². The molecule has 1 heterocycles. The Labute approximate surface area is 145 Å². The van der Waals surface area contributed by atoms with Crippen molar-refractivity contribution in [3.63, 3.8) is 0 Å². The smallest absolute Gasteiger partial charge is 0.254 e. The van der Waals surface area contributed by atoms with E-state index in [4.69, 9.17) is 21.1 Å². The van der Waals surface area contributed by atoms with E-state index in [9.17, 15) is 9.90 Å². The van der Waals surface area contributed by atoms with Crippen molar-refractivity contribution in [3.8, 4) is 11.5 Å². The molecule has 1 N–H and O–H groups in total. The lowest BCUT2D eigenvalue weighted by molar-refractivity contribution is -0.0228. The molecule has 0 aliphatic carbocycles. The molecule has 0 spiro atoms. The number of nitrogens with zero attached hydrogens (tertiary/aromatic N) is 1. The van der Waals surface area contributed by atoms with E-state index in [2.05, 4.69) is 0 Å². The molecule has 1 aliphatic heterocycles. The molecule has 0 bridgehead atoms. The number of hydrogen-bond donors (Lipinski definition) is 1. The van der Waals surface area contributed by atoms with E-state index in [1.54, 1.807) is 17.0 Å². The minimum Gasteiger partial charge on any atom is -0.504 e. The lowest BCUT2D eigenvalue weighted by atomic mass is 10.1. The molecule has 24 heavy (non-hydrogen) atoms. The first kappa shape index (κ1) is 16.6. The standard InChI is InChI=1S/C18H18ClNO4/c1-23-16-10-13(4-7-15(16)21)18(22)20-8-9-24-17(11-20)12-2-5-14(19)6-3-12/h2-7,10,17,21H,8-9,11H2,1H3/t17-/m1/s1. The number of ether oxygens (including phenoxy) is 2. The number of phenolic OH excluding ortho intramolecular Hbond substituents is 1. The zero-order valence-electron chi connectivity index (χ0n) is 13.2. The fourth-order valence-corrected chi connectivity index (χ4v) is 2.83. The first-order chi connectivity index (χ1) is 11.6. The zero-order chi connectivity index (χ0) is 17.1. The van der Waals surface area contributed by atoms with Gasteiger partial charge in [-0.05, 0) is 35.9 Å². The van der Waals surface area contributed by atoms with Crippen LogP contribution in [-0.4, -0.2) is 42.7 Å². The summed E-state index contributed by atoms with van der Waals surface area (Å²) in [6.45, 7) is 1.45. The number of methoxy groups -OCH3 is 1. The molecule has 126 valence electrons. The van der Waals surface area contributed by atoms with Gasteiger partial charge in [-0.1, -0.05) is 23.7 Å². The van der Waals surface area contributed by atoms with E-state index in [-0.39, 0.29) is 23.5 Å². The van der Waals surface area contributed by atoms with Crippen LogP contribution < -0.4 is 4.74 Å². The van der Waals surface area contributed by atoms with Gasteiger partial charge in [-0.25, -0.2) is 0 Å². The highest BCUT2D eigenvalue weighted by Crippen LogP contribution is 2.28. The SMILES string of the molecule is COc1cc(C(=O)N2CCO[C@@H](c3ccc(Cl)cc3)C2)ccc1O. The predicted octanol–water partition coefficient (Wildman–Crippen LogP) is 3.27. The Balaban J connectivity index is 1.76. The highest BCUT2D eigenvalue weighted by molar-refractivity contribution is 6.30. The second-order valence-corrected chi connectivity index (χ2v) is 5.99. The first-order valence-corrected chi connectivity index (χ1v) is 7.99. The Morgan fingerprint density at radius 2 is 2.04 bits per heavy atom. The molecule has 1 saturated heterocycles. The summed E-state index contributed by atoms with van der Waals surface area (Å²) < 4.78 is 10.8. The minimum atomic E-state index is -0.182. The molecule has 1 amide bonds. The van der Waals surface area contributed by atoms with Crippen LogP contribution in [-0.2, 0) is 4.74 Å². The minimum absolute atomic E-state index is 0.00932. The molecule has 2 aromatic rings. The zero-order valence-corrected chi connectivity index (χ0v) is 14.0. The molecule has 0 aromatic heterocycles. The van der Waals surface area contributed by atoms with Crippen molar-refractivity contribution in [3.05, 3.63) is 58.6 Å². The first-order valence-electron chi connectivity index (χ1n) is 7.62. The summed E-state index contributed by atoms with van der Waals surface area (Å²) in [6.07, 6.45) is -0.182. The van der Waals surface area contributed by atoms with Crippen LogP contribution >= 0.6 is 11.6 Å². The molecule has 6 heteroatoms. The van der Waals surface area contributed by atoms with Gasteiger partial charge in [0.25, 0.3) is 5.91 Å². The normalized spacial score (nSPS) is 17.6. The van der Waals surface area contributed by atoms with E-state index in [0.717, 1.165) is 5.56 Å². The van der Waals surface area contributed by atoms with Crippen molar-refractivity contribution in [2.75, 3.05) is 26.8 Å². The fraction of sp³-hybridized carbons (Fsp3) is 0.278. The molecule has 1 fully saturated rings. The number of rotatable bonds is 3. The second-order valence-electron chi connectivity index (χ2n) is 5.55. The predicted molar refractivity (Wildman–Crippen MR) is 90.7 cm³/mol. The van der Waals surface area contributed by atoms with Gasteiger partial charge in [-0.2, -0.15) is 0 Å². The average molecular weight is 348 g/mol. The van der Waals surface area contributed by atoms with Crippen LogP contribution in [0.3, 0.4) is 0 Å². The number of benzene rings is 2. The van der Waals surface area contributed by atoms with Crippen molar-refractivity contribution >= 4 is 17.5 Å². The van der Waals surface area contributed by atoms with E-state index in [1.165, 1.54) is 13.2 Å². The molecule has 1 atom stereocenters. The summed E-state index contributed by atoms with van der Waals surface area (Å²) in [5.74, 6) is 0.175. The maximum absolute atomic E-state index is 12.7. The summed E-state index contributed by atoms with van der Waals surface area (Å²) in [6, 6.07) is 12.0. The van der Waals surface area contributed by atoms with Gasteiger partial charge in [-0.15, -0.1) is 0 Å². The fourth-order valence-electron chi connectivity index (χ4n) is 2.71. The number of phenols is 1. The Kier molecular flexibility index (Phi) is 4.92. The molecule has 3 rings (SSSR count). The summed E-state index contributed by atoms with van der Waals surface area (Å²) in [4.78, 5) is 14.5. The summed E-state index contributed by atoms with van der Waals surface area (Å²) in [5, 5.41) is 10.3. The third-order valence-corrected chi connectivity index (χ3v) is 4.27. The largest absolute Gasteiger partial charge is 0.504 e. The van der Waals surface area contributed by atoms with Crippen molar-refractivity contribution in [1.29, 1.82) is 0 Å². The van der Waals surface area contributed by atoms with Crippen molar-refractivity contribution < 1.29 is 19.4 Å².